The summed E-state index contributed by atoms with van der Waals surface area (Å²) in [4.78, 5) is 12.5. The van der Waals surface area contributed by atoms with Crippen molar-refractivity contribution < 1.29 is 17.9 Å². The summed E-state index contributed by atoms with van der Waals surface area (Å²) in [7, 11) is -3.54. The van der Waals surface area contributed by atoms with E-state index in [9.17, 15) is 13.2 Å². The molecular formula is C23H29N5O4S3. The summed E-state index contributed by atoms with van der Waals surface area (Å²) in [5.74, 6) is -0.275. The van der Waals surface area contributed by atoms with E-state index in [-0.39, 0.29) is 22.3 Å². The summed E-state index contributed by atoms with van der Waals surface area (Å²) in [6.45, 7) is 5.44. The highest BCUT2D eigenvalue weighted by Gasteiger charge is 2.26. The number of ether oxygens (including phenoxy) is 1. The molecule has 1 heterocycles. The Bertz CT molecular complexity index is 1160. The smallest absolute Gasteiger partial charge is 0.243 e. The molecule has 188 valence electrons. The number of anilines is 1. The highest BCUT2D eigenvalue weighted by molar-refractivity contribution is 7.89. The van der Waals surface area contributed by atoms with Crippen LogP contribution < -0.4 is 21.5 Å². The topological polar surface area (TPSA) is 112 Å². The average Bonchev–Trinajstić information content (AvgIpc) is 2.84. The zero-order chi connectivity index (χ0) is 25.4. The molecule has 1 amide bonds. The average molecular weight is 536 g/mol. The van der Waals surface area contributed by atoms with Crippen molar-refractivity contribution in [2.75, 3.05) is 31.6 Å². The van der Waals surface area contributed by atoms with E-state index in [1.807, 2.05) is 32.0 Å². The van der Waals surface area contributed by atoms with Gasteiger partial charge in [-0.2, -0.15) is 4.31 Å². The van der Waals surface area contributed by atoms with E-state index in [2.05, 4.69) is 21.5 Å². The van der Waals surface area contributed by atoms with Crippen LogP contribution in [0, 0.1) is 13.8 Å². The van der Waals surface area contributed by atoms with Crippen LogP contribution in [0.5, 0.6) is 0 Å². The van der Waals surface area contributed by atoms with Gasteiger partial charge in [0.05, 0.1) is 18.1 Å². The maximum atomic E-state index is 12.7. The van der Waals surface area contributed by atoms with Crippen molar-refractivity contribution in [1.29, 1.82) is 0 Å². The number of hydrazine groups is 1. The summed E-state index contributed by atoms with van der Waals surface area (Å²) in [6.07, 6.45) is 0.620. The molecule has 0 spiro atoms. The van der Waals surface area contributed by atoms with Crippen LogP contribution in [0.25, 0.3) is 0 Å². The van der Waals surface area contributed by atoms with Crippen LogP contribution in [0.4, 0.5) is 5.69 Å². The fraction of sp³-hybridized carbons (Fsp3) is 0.348. The fourth-order valence-electron chi connectivity index (χ4n) is 3.51. The number of nitrogens with one attached hydrogen (secondary N) is 4. The van der Waals surface area contributed by atoms with Gasteiger partial charge in [-0.1, -0.05) is 30.3 Å². The third-order valence-electron chi connectivity index (χ3n) is 5.43. The molecule has 2 aromatic rings. The van der Waals surface area contributed by atoms with Crippen LogP contribution in [0.3, 0.4) is 0 Å². The number of hydrogen-bond donors (Lipinski definition) is 4. The lowest BCUT2D eigenvalue weighted by molar-refractivity contribution is -0.119. The standard InChI is InChI=1S/C23H29N5O4S3/c1-16-4-3-5-17(2)21(16)25-23(34)27-26-22(33)24-20(29)11-8-18-6-9-19(10-7-18)35(30,31)28-12-14-32-15-13-28/h3-7,9-10H,8,11-15H2,1-2H3,(H2,25,27,34)(H2,24,26,29,33). The number of rotatable bonds is 6. The molecule has 1 aliphatic rings. The Morgan fingerprint density at radius 1 is 0.971 bits per heavy atom. The lowest BCUT2D eigenvalue weighted by Gasteiger charge is -2.26. The van der Waals surface area contributed by atoms with Gasteiger partial charge in [0, 0.05) is 25.2 Å². The van der Waals surface area contributed by atoms with E-state index in [4.69, 9.17) is 29.2 Å². The van der Waals surface area contributed by atoms with Crippen molar-refractivity contribution in [3.8, 4) is 0 Å². The minimum absolute atomic E-state index is 0.0904. The summed E-state index contributed by atoms with van der Waals surface area (Å²) < 4.78 is 32.0. The van der Waals surface area contributed by atoms with Gasteiger partial charge in [-0.3, -0.25) is 15.6 Å². The number of hydrogen-bond acceptors (Lipinski definition) is 6. The normalized spacial score (nSPS) is 14.1. The number of carbonyl (C=O) groups excluding carboxylic acids is 1. The summed E-state index contributed by atoms with van der Waals surface area (Å²) >= 11 is 10.4. The second kappa shape index (κ2) is 12.4. The molecule has 1 aliphatic heterocycles. The van der Waals surface area contributed by atoms with Crippen molar-refractivity contribution >= 4 is 56.3 Å². The molecule has 0 saturated carbocycles. The largest absolute Gasteiger partial charge is 0.379 e. The third kappa shape index (κ3) is 7.67. The van der Waals surface area contributed by atoms with E-state index in [0.717, 1.165) is 22.4 Å². The Hall–Kier alpha value is -2.64. The molecule has 3 rings (SSSR count). The molecule has 0 aliphatic carbocycles. The molecule has 2 aromatic carbocycles. The molecule has 0 bridgehead atoms. The van der Waals surface area contributed by atoms with Gasteiger partial charge in [-0.05, 0) is 73.5 Å². The number of sulfonamides is 1. The zero-order valence-corrected chi connectivity index (χ0v) is 22.0. The molecule has 0 atom stereocenters. The number of nitrogens with zero attached hydrogens (tertiary/aromatic N) is 1. The minimum Gasteiger partial charge on any atom is -0.379 e. The number of morpholine rings is 1. The van der Waals surface area contributed by atoms with E-state index >= 15 is 0 Å². The highest BCUT2D eigenvalue weighted by Crippen LogP contribution is 2.19. The number of carbonyl (C=O) groups is 1. The number of aryl methyl sites for hydroxylation is 3. The molecule has 1 saturated heterocycles. The SMILES string of the molecule is Cc1cccc(C)c1NC(=S)NNC(=S)NC(=O)CCc1ccc(S(=O)(=O)N2CCOCC2)cc1. The van der Waals surface area contributed by atoms with Crippen LogP contribution in [0.2, 0.25) is 0 Å². The predicted molar refractivity (Wildman–Crippen MR) is 143 cm³/mol. The minimum atomic E-state index is -3.54. The molecule has 4 N–H and O–H groups in total. The zero-order valence-electron chi connectivity index (χ0n) is 19.6. The van der Waals surface area contributed by atoms with Gasteiger partial charge < -0.3 is 15.4 Å². The molecule has 0 aromatic heterocycles. The van der Waals surface area contributed by atoms with Gasteiger partial charge in [-0.25, -0.2) is 8.42 Å². The number of para-hydroxylation sites is 1. The lowest BCUT2D eigenvalue weighted by Crippen LogP contribution is -2.49. The summed E-state index contributed by atoms with van der Waals surface area (Å²) in [6, 6.07) is 12.5. The Labute approximate surface area is 216 Å². The molecule has 1 fully saturated rings. The molecule has 9 nitrogen and oxygen atoms in total. The second-order valence-electron chi connectivity index (χ2n) is 8.01. The third-order valence-corrected chi connectivity index (χ3v) is 7.76. The monoisotopic (exact) mass is 535 g/mol. The van der Waals surface area contributed by atoms with E-state index < -0.39 is 10.0 Å². The fourth-order valence-corrected chi connectivity index (χ4v) is 5.24. The molecular weight excluding hydrogens is 506 g/mol. The second-order valence-corrected chi connectivity index (χ2v) is 10.8. The Kier molecular flexibility index (Phi) is 9.52. The van der Waals surface area contributed by atoms with Gasteiger partial charge in [0.25, 0.3) is 0 Å². The van der Waals surface area contributed by atoms with Crippen molar-refractivity contribution in [3.63, 3.8) is 0 Å². The van der Waals surface area contributed by atoms with E-state index in [0.29, 0.717) is 37.8 Å². The van der Waals surface area contributed by atoms with Crippen LogP contribution in [0.1, 0.15) is 23.1 Å². The van der Waals surface area contributed by atoms with Gasteiger partial charge >= 0.3 is 0 Å². The molecule has 0 radical (unpaired) electrons. The van der Waals surface area contributed by atoms with E-state index in [1.54, 1.807) is 24.3 Å². The van der Waals surface area contributed by atoms with Gasteiger partial charge in [0.15, 0.2) is 10.2 Å². The number of amides is 1. The molecule has 35 heavy (non-hydrogen) atoms. The highest BCUT2D eigenvalue weighted by atomic mass is 32.2. The van der Waals surface area contributed by atoms with Crippen molar-refractivity contribution in [2.24, 2.45) is 0 Å². The van der Waals surface area contributed by atoms with Crippen LogP contribution in [0.15, 0.2) is 47.4 Å². The lowest BCUT2D eigenvalue weighted by atomic mass is 10.1. The first-order valence-electron chi connectivity index (χ1n) is 11.1. The van der Waals surface area contributed by atoms with Gasteiger partial charge in [-0.15, -0.1) is 0 Å². The maximum Gasteiger partial charge on any atom is 0.243 e. The first-order chi connectivity index (χ1) is 16.7. The van der Waals surface area contributed by atoms with Crippen LogP contribution in [-0.4, -0.2) is 55.2 Å². The van der Waals surface area contributed by atoms with Crippen molar-refractivity contribution in [2.45, 2.75) is 31.6 Å². The number of thiocarbonyl (C=S) groups is 2. The van der Waals surface area contributed by atoms with E-state index in [1.165, 1.54) is 4.31 Å². The number of benzene rings is 2. The van der Waals surface area contributed by atoms with Gasteiger partial charge in [0.2, 0.25) is 15.9 Å². The Balaban J connectivity index is 1.41. The van der Waals surface area contributed by atoms with Crippen LogP contribution >= 0.6 is 24.4 Å². The first kappa shape index (κ1) is 27.0. The predicted octanol–water partition coefficient (Wildman–Crippen LogP) is 2.15. The first-order valence-corrected chi connectivity index (χ1v) is 13.3. The Morgan fingerprint density at radius 2 is 1.57 bits per heavy atom. The summed E-state index contributed by atoms with van der Waals surface area (Å²) in [5, 5.41) is 6.09. The quantitative estimate of drug-likeness (QED) is 0.327. The van der Waals surface area contributed by atoms with Crippen LogP contribution in [-0.2, 0) is 26.0 Å². The summed E-state index contributed by atoms with van der Waals surface area (Å²) in [5.41, 5.74) is 9.31. The van der Waals surface area contributed by atoms with Crippen molar-refractivity contribution in [1.82, 2.24) is 20.5 Å². The molecule has 12 heteroatoms. The molecule has 0 unspecified atom stereocenters. The van der Waals surface area contributed by atoms with Crippen molar-refractivity contribution in [3.05, 3.63) is 59.2 Å². The Morgan fingerprint density at radius 3 is 2.20 bits per heavy atom. The van der Waals surface area contributed by atoms with Gasteiger partial charge in [0.1, 0.15) is 0 Å². The maximum absolute atomic E-state index is 12.7.